The number of ether oxygens (including phenoxy) is 1. The van der Waals surface area contributed by atoms with E-state index in [-0.39, 0.29) is 35.6 Å². The molecule has 1 heterocycles. The molecule has 0 saturated carbocycles. The van der Waals surface area contributed by atoms with Crippen molar-refractivity contribution < 1.29 is 22.2 Å². The summed E-state index contributed by atoms with van der Waals surface area (Å²) in [5.74, 6) is 0.545. The Bertz CT molecular complexity index is 447. The molecule has 0 N–H and O–H groups in total. The maximum atomic E-state index is 11.8. The second-order valence-electron chi connectivity index (χ2n) is 5.92. The number of carbonyl (C=O) groups is 1. The minimum absolute atomic E-state index is 0.0236. The Morgan fingerprint density at radius 1 is 1.37 bits per heavy atom. The summed E-state index contributed by atoms with van der Waals surface area (Å²) >= 11 is 0. The normalized spacial score (nSPS) is 24.1. The maximum absolute atomic E-state index is 11.8. The minimum Gasteiger partial charge on any atom is -0.460 e. The van der Waals surface area contributed by atoms with E-state index in [2.05, 4.69) is 0 Å². The molecule has 5 nitrogen and oxygen atoms in total. The smallest absolute Gasteiger partial charge is 0.307 e. The fourth-order valence-corrected chi connectivity index (χ4v) is 5.32. The van der Waals surface area contributed by atoms with E-state index in [0.29, 0.717) is 12.2 Å². The van der Waals surface area contributed by atoms with Gasteiger partial charge in [-0.25, -0.2) is 8.42 Å². The maximum Gasteiger partial charge on any atom is 0.307 e. The van der Waals surface area contributed by atoms with Gasteiger partial charge in [0.2, 0.25) is 0 Å². The third-order valence-corrected chi connectivity index (χ3v) is 6.04. The minimum atomic E-state index is -2.92. The molecule has 0 aromatic heterocycles. The molecular formula is C12H22O5S2. The summed E-state index contributed by atoms with van der Waals surface area (Å²) in [4.78, 5) is 11.5. The molecule has 2 unspecified atom stereocenters. The summed E-state index contributed by atoms with van der Waals surface area (Å²) < 4.78 is 39.5. The van der Waals surface area contributed by atoms with Crippen molar-refractivity contribution in [3.8, 4) is 0 Å². The lowest BCUT2D eigenvalue weighted by Gasteiger charge is -2.19. The molecule has 0 spiro atoms. The molecule has 0 amide bonds. The lowest BCUT2D eigenvalue weighted by Crippen LogP contribution is -2.25. The van der Waals surface area contributed by atoms with Crippen LogP contribution in [-0.4, -0.2) is 47.2 Å². The number of hydrogen-bond donors (Lipinski definition) is 0. The number of sulfone groups is 1. The fraction of sp³-hybridized carbons (Fsp3) is 0.917. The Hall–Kier alpha value is -0.430. The zero-order valence-electron chi connectivity index (χ0n) is 11.7. The molecule has 0 aromatic rings. The van der Waals surface area contributed by atoms with Crippen LogP contribution in [0.5, 0.6) is 0 Å². The van der Waals surface area contributed by atoms with Crippen molar-refractivity contribution in [2.24, 2.45) is 5.92 Å². The molecule has 112 valence electrons. The summed E-state index contributed by atoms with van der Waals surface area (Å²) in [7, 11) is -4.08. The van der Waals surface area contributed by atoms with Crippen molar-refractivity contribution >= 4 is 26.6 Å². The molecule has 1 fully saturated rings. The van der Waals surface area contributed by atoms with E-state index in [1.807, 2.05) is 0 Å². The summed E-state index contributed by atoms with van der Waals surface area (Å²) in [5, 5.41) is 0. The lowest BCUT2D eigenvalue weighted by atomic mass is 10.2. The summed E-state index contributed by atoms with van der Waals surface area (Å²) in [5.41, 5.74) is -0.530. The molecule has 0 aromatic carbocycles. The van der Waals surface area contributed by atoms with Crippen molar-refractivity contribution in [2.45, 2.75) is 39.2 Å². The van der Waals surface area contributed by atoms with Gasteiger partial charge in [-0.05, 0) is 33.1 Å². The fourth-order valence-electron chi connectivity index (χ4n) is 1.94. The number of rotatable bonds is 5. The van der Waals surface area contributed by atoms with Gasteiger partial charge in [0.1, 0.15) is 5.60 Å². The first-order chi connectivity index (χ1) is 8.57. The molecule has 0 bridgehead atoms. The highest BCUT2D eigenvalue weighted by molar-refractivity contribution is 7.91. The van der Waals surface area contributed by atoms with Gasteiger partial charge in [-0.2, -0.15) is 0 Å². The molecule has 0 radical (unpaired) electrons. The van der Waals surface area contributed by atoms with Crippen LogP contribution in [0, 0.1) is 5.92 Å². The highest BCUT2D eigenvalue weighted by Gasteiger charge is 2.29. The summed E-state index contributed by atoms with van der Waals surface area (Å²) in [6.45, 7) is 5.35. The van der Waals surface area contributed by atoms with E-state index in [1.54, 1.807) is 20.8 Å². The first-order valence-electron chi connectivity index (χ1n) is 6.35. The number of carbonyl (C=O) groups excluding carboxylic acids is 1. The van der Waals surface area contributed by atoms with E-state index in [0.717, 1.165) is 0 Å². The monoisotopic (exact) mass is 310 g/mol. The van der Waals surface area contributed by atoms with Crippen LogP contribution in [0.1, 0.15) is 33.6 Å². The van der Waals surface area contributed by atoms with Crippen LogP contribution >= 0.6 is 0 Å². The first-order valence-corrected chi connectivity index (χ1v) is 9.65. The Morgan fingerprint density at radius 3 is 2.47 bits per heavy atom. The van der Waals surface area contributed by atoms with Crippen LogP contribution in [0.25, 0.3) is 0 Å². The van der Waals surface area contributed by atoms with Gasteiger partial charge in [0.05, 0.1) is 17.9 Å². The van der Waals surface area contributed by atoms with Gasteiger partial charge in [0.25, 0.3) is 0 Å². The third kappa shape index (κ3) is 7.06. The molecular weight excluding hydrogens is 288 g/mol. The van der Waals surface area contributed by atoms with E-state index in [4.69, 9.17) is 4.74 Å². The van der Waals surface area contributed by atoms with Gasteiger partial charge in [0, 0.05) is 22.3 Å². The Labute approximate surface area is 117 Å². The van der Waals surface area contributed by atoms with E-state index in [9.17, 15) is 17.4 Å². The standard InChI is InChI=1S/C12H22O5S2/c1-12(2,3)17-11(13)4-6-18(14)8-10-5-7-19(15,16)9-10/h10H,4-9H2,1-3H3. The summed E-state index contributed by atoms with van der Waals surface area (Å²) in [6.07, 6.45) is 0.698. The van der Waals surface area contributed by atoms with Crippen molar-refractivity contribution in [3.05, 3.63) is 0 Å². The van der Waals surface area contributed by atoms with E-state index < -0.39 is 26.2 Å². The predicted octanol–water partition coefficient (Wildman–Crippen LogP) is 0.902. The second-order valence-corrected chi connectivity index (χ2v) is 9.77. The van der Waals surface area contributed by atoms with Crippen LogP contribution in [0.15, 0.2) is 0 Å². The Balaban J connectivity index is 2.27. The van der Waals surface area contributed by atoms with Gasteiger partial charge >= 0.3 is 5.97 Å². The van der Waals surface area contributed by atoms with Crippen molar-refractivity contribution in [2.75, 3.05) is 23.0 Å². The second kappa shape index (κ2) is 6.35. The van der Waals surface area contributed by atoms with Gasteiger partial charge in [-0.3, -0.25) is 9.00 Å². The topological polar surface area (TPSA) is 77.5 Å². The number of esters is 1. The highest BCUT2D eigenvalue weighted by atomic mass is 32.2. The summed E-state index contributed by atoms with van der Waals surface area (Å²) in [6, 6.07) is 0. The zero-order valence-corrected chi connectivity index (χ0v) is 13.3. The quantitative estimate of drug-likeness (QED) is 0.705. The van der Waals surface area contributed by atoms with Crippen LogP contribution in [-0.2, 0) is 30.2 Å². The van der Waals surface area contributed by atoms with E-state index >= 15 is 0 Å². The van der Waals surface area contributed by atoms with E-state index in [1.165, 1.54) is 0 Å². The molecule has 1 rings (SSSR count). The number of hydrogen-bond acceptors (Lipinski definition) is 5. The largest absolute Gasteiger partial charge is 0.460 e. The molecule has 1 saturated heterocycles. The third-order valence-electron chi connectivity index (χ3n) is 2.70. The Kier molecular flexibility index (Phi) is 5.55. The van der Waals surface area contributed by atoms with Crippen molar-refractivity contribution in [1.29, 1.82) is 0 Å². The van der Waals surface area contributed by atoms with Gasteiger partial charge in [0.15, 0.2) is 9.84 Å². The SMILES string of the molecule is CC(C)(C)OC(=O)CCS(=O)CC1CCS(=O)(=O)C1. The van der Waals surface area contributed by atoms with Crippen LogP contribution in [0.3, 0.4) is 0 Å². The predicted molar refractivity (Wildman–Crippen MR) is 75.1 cm³/mol. The molecule has 0 aliphatic carbocycles. The van der Waals surface area contributed by atoms with Crippen LogP contribution in [0.4, 0.5) is 0 Å². The highest BCUT2D eigenvalue weighted by Crippen LogP contribution is 2.19. The Morgan fingerprint density at radius 2 is 2.00 bits per heavy atom. The molecule has 19 heavy (non-hydrogen) atoms. The average molecular weight is 310 g/mol. The van der Waals surface area contributed by atoms with Crippen LogP contribution in [0.2, 0.25) is 0 Å². The molecule has 1 aliphatic rings. The van der Waals surface area contributed by atoms with Crippen molar-refractivity contribution in [3.63, 3.8) is 0 Å². The van der Waals surface area contributed by atoms with Gasteiger partial charge in [-0.1, -0.05) is 0 Å². The first kappa shape index (κ1) is 16.6. The molecule has 1 aliphatic heterocycles. The molecule has 2 atom stereocenters. The average Bonchev–Trinajstić information content (AvgIpc) is 2.52. The lowest BCUT2D eigenvalue weighted by molar-refractivity contribution is -0.154. The van der Waals surface area contributed by atoms with Gasteiger partial charge in [-0.15, -0.1) is 0 Å². The zero-order chi connectivity index (χ0) is 14.7. The van der Waals surface area contributed by atoms with Gasteiger partial charge < -0.3 is 4.74 Å². The van der Waals surface area contributed by atoms with Crippen molar-refractivity contribution in [1.82, 2.24) is 0 Å². The molecule has 7 heteroatoms. The van der Waals surface area contributed by atoms with Crippen LogP contribution < -0.4 is 0 Å².